The topological polar surface area (TPSA) is 33.9 Å². The van der Waals surface area contributed by atoms with Crippen LogP contribution in [-0.2, 0) is 6.42 Å². The van der Waals surface area contributed by atoms with Crippen LogP contribution in [0.4, 0.5) is 0 Å². The summed E-state index contributed by atoms with van der Waals surface area (Å²) in [6, 6.07) is 4.32. The van der Waals surface area contributed by atoms with Gasteiger partial charge in [0, 0.05) is 24.4 Å². The highest BCUT2D eigenvalue weighted by Crippen LogP contribution is 2.16. The lowest BCUT2D eigenvalue weighted by atomic mass is 10.1. The van der Waals surface area contributed by atoms with E-state index in [1.165, 1.54) is 0 Å². The number of hydrogen-bond donors (Lipinski definition) is 1. The van der Waals surface area contributed by atoms with Gasteiger partial charge in [0.1, 0.15) is 5.76 Å². The number of nitrogens with one attached hydrogen (secondary N) is 1. The molecule has 0 spiro atoms. The van der Waals surface area contributed by atoms with Crippen LogP contribution in [0.5, 0.6) is 0 Å². The zero-order valence-corrected chi connectivity index (χ0v) is 10.4. The largest absolute Gasteiger partial charge is 0.469 e. The molecule has 0 saturated heterocycles. The molecule has 2 rings (SSSR count). The fourth-order valence-electron chi connectivity index (χ4n) is 1.81. The number of rotatable bonds is 4. The fourth-order valence-corrected chi connectivity index (χ4v) is 2.20. The van der Waals surface area contributed by atoms with Gasteiger partial charge in [0.25, 0.3) is 0 Å². The van der Waals surface area contributed by atoms with Crippen LogP contribution in [0, 0.1) is 11.7 Å². The molecule has 0 amide bonds. The summed E-state index contributed by atoms with van der Waals surface area (Å²) < 4.78 is 8.21. The van der Waals surface area contributed by atoms with Crippen molar-refractivity contribution in [2.45, 2.75) is 32.7 Å². The highest BCUT2D eigenvalue weighted by molar-refractivity contribution is 7.71. The minimum Gasteiger partial charge on any atom is -0.469 e. The van der Waals surface area contributed by atoms with Crippen LogP contribution in [0.2, 0.25) is 0 Å². The molecule has 0 radical (unpaired) electrons. The van der Waals surface area contributed by atoms with Crippen molar-refractivity contribution in [1.29, 1.82) is 0 Å². The van der Waals surface area contributed by atoms with E-state index in [9.17, 15) is 0 Å². The molecular weight excluding hydrogens is 220 g/mol. The van der Waals surface area contributed by atoms with E-state index >= 15 is 0 Å². The summed E-state index contributed by atoms with van der Waals surface area (Å²) in [4.78, 5) is 3.14. The number of aromatic amines is 1. The standard InChI is InChI=1S/C12H16N2OS/c1-9-8-14(12(16)13-9)10(2)5-6-11-4-3-7-15-11/h3-4,7-8,10H,5-6H2,1-2H3,(H,13,16). The zero-order chi connectivity index (χ0) is 11.5. The summed E-state index contributed by atoms with van der Waals surface area (Å²) in [5.74, 6) is 1.03. The molecule has 0 fully saturated rings. The number of furan rings is 1. The van der Waals surface area contributed by atoms with Gasteiger partial charge >= 0.3 is 0 Å². The van der Waals surface area contributed by atoms with Crippen molar-refractivity contribution in [1.82, 2.24) is 9.55 Å². The van der Waals surface area contributed by atoms with Gasteiger partial charge in [0.05, 0.1) is 6.26 Å². The summed E-state index contributed by atoms with van der Waals surface area (Å²) in [6.45, 7) is 4.19. The van der Waals surface area contributed by atoms with E-state index in [1.54, 1.807) is 6.26 Å². The van der Waals surface area contributed by atoms with Gasteiger partial charge in [-0.3, -0.25) is 0 Å². The Morgan fingerprint density at radius 3 is 2.94 bits per heavy atom. The van der Waals surface area contributed by atoms with Gasteiger partial charge in [-0.25, -0.2) is 0 Å². The van der Waals surface area contributed by atoms with Crippen LogP contribution in [0.1, 0.15) is 30.8 Å². The van der Waals surface area contributed by atoms with Crippen molar-refractivity contribution < 1.29 is 4.42 Å². The summed E-state index contributed by atoms with van der Waals surface area (Å²) in [6.07, 6.45) is 5.75. The monoisotopic (exact) mass is 236 g/mol. The Labute approximate surface area is 100 Å². The van der Waals surface area contributed by atoms with E-state index in [2.05, 4.69) is 22.7 Å². The number of aromatic nitrogens is 2. The molecule has 0 aliphatic heterocycles. The van der Waals surface area contributed by atoms with E-state index < -0.39 is 0 Å². The van der Waals surface area contributed by atoms with E-state index in [0.29, 0.717) is 6.04 Å². The first-order valence-electron chi connectivity index (χ1n) is 5.47. The number of imidazole rings is 1. The van der Waals surface area contributed by atoms with Crippen LogP contribution >= 0.6 is 12.2 Å². The molecule has 0 bridgehead atoms. The van der Waals surface area contributed by atoms with Gasteiger partial charge in [-0.1, -0.05) is 0 Å². The smallest absolute Gasteiger partial charge is 0.177 e. The van der Waals surface area contributed by atoms with Gasteiger partial charge in [-0.05, 0) is 44.6 Å². The molecule has 3 nitrogen and oxygen atoms in total. The maximum Gasteiger partial charge on any atom is 0.177 e. The van der Waals surface area contributed by atoms with Crippen molar-refractivity contribution >= 4 is 12.2 Å². The molecular formula is C12H16N2OS. The van der Waals surface area contributed by atoms with Crippen molar-refractivity contribution in [3.63, 3.8) is 0 Å². The number of aryl methyl sites for hydroxylation is 2. The van der Waals surface area contributed by atoms with E-state index in [1.807, 2.05) is 19.1 Å². The molecule has 1 N–H and O–H groups in total. The lowest BCUT2D eigenvalue weighted by molar-refractivity contribution is 0.450. The van der Waals surface area contributed by atoms with Crippen LogP contribution < -0.4 is 0 Å². The normalized spacial score (nSPS) is 12.9. The summed E-state index contributed by atoms with van der Waals surface area (Å²) in [5.41, 5.74) is 1.11. The lowest BCUT2D eigenvalue weighted by Crippen LogP contribution is -2.05. The highest BCUT2D eigenvalue weighted by atomic mass is 32.1. The van der Waals surface area contributed by atoms with Crippen LogP contribution in [0.15, 0.2) is 29.0 Å². The van der Waals surface area contributed by atoms with E-state index in [4.69, 9.17) is 16.6 Å². The van der Waals surface area contributed by atoms with E-state index in [0.717, 1.165) is 29.1 Å². The molecule has 0 aliphatic rings. The Balaban J connectivity index is 2.00. The third kappa shape index (κ3) is 2.44. The molecule has 0 saturated carbocycles. The Morgan fingerprint density at radius 2 is 2.38 bits per heavy atom. The first-order valence-corrected chi connectivity index (χ1v) is 5.88. The highest BCUT2D eigenvalue weighted by Gasteiger charge is 2.07. The van der Waals surface area contributed by atoms with Gasteiger partial charge < -0.3 is 14.0 Å². The molecule has 2 heterocycles. The van der Waals surface area contributed by atoms with Crippen molar-refractivity contribution in [2.24, 2.45) is 0 Å². The predicted octanol–water partition coefficient (Wildman–Crippen LogP) is 3.64. The number of H-pyrrole nitrogens is 1. The Kier molecular flexibility index (Phi) is 3.29. The quantitative estimate of drug-likeness (QED) is 0.822. The average Bonchev–Trinajstić information content (AvgIpc) is 2.84. The maximum absolute atomic E-state index is 5.31. The minimum atomic E-state index is 0.391. The fraction of sp³-hybridized carbons (Fsp3) is 0.417. The molecule has 2 aromatic heterocycles. The second kappa shape index (κ2) is 4.70. The van der Waals surface area contributed by atoms with Gasteiger partial charge in [-0.15, -0.1) is 0 Å². The minimum absolute atomic E-state index is 0.391. The Morgan fingerprint density at radius 1 is 1.56 bits per heavy atom. The molecule has 1 atom stereocenters. The third-order valence-corrected chi connectivity index (χ3v) is 3.05. The van der Waals surface area contributed by atoms with Gasteiger partial charge in [0.2, 0.25) is 0 Å². The number of hydrogen-bond acceptors (Lipinski definition) is 2. The van der Waals surface area contributed by atoms with E-state index in [-0.39, 0.29) is 0 Å². The lowest BCUT2D eigenvalue weighted by Gasteiger charge is -2.11. The second-order valence-electron chi connectivity index (χ2n) is 4.12. The molecule has 0 aromatic carbocycles. The molecule has 16 heavy (non-hydrogen) atoms. The first-order chi connectivity index (χ1) is 7.66. The Bertz CT molecular complexity index is 495. The van der Waals surface area contributed by atoms with Crippen molar-refractivity contribution in [2.75, 3.05) is 0 Å². The maximum atomic E-state index is 5.31. The summed E-state index contributed by atoms with van der Waals surface area (Å²) in [5, 5.41) is 0. The van der Waals surface area contributed by atoms with Gasteiger partial charge in [0.15, 0.2) is 4.77 Å². The number of nitrogens with zero attached hydrogens (tertiary/aromatic N) is 1. The molecule has 0 aliphatic carbocycles. The SMILES string of the molecule is Cc1cn(C(C)CCc2ccco2)c(=S)[nH]1. The summed E-state index contributed by atoms with van der Waals surface area (Å²) in [7, 11) is 0. The van der Waals surface area contributed by atoms with Crippen LogP contribution in [0.3, 0.4) is 0 Å². The zero-order valence-electron chi connectivity index (χ0n) is 9.56. The molecule has 2 aromatic rings. The summed E-state index contributed by atoms with van der Waals surface area (Å²) >= 11 is 5.25. The molecule has 1 unspecified atom stereocenters. The first kappa shape index (κ1) is 11.2. The van der Waals surface area contributed by atoms with Crippen LogP contribution in [-0.4, -0.2) is 9.55 Å². The van der Waals surface area contributed by atoms with Gasteiger partial charge in [-0.2, -0.15) is 0 Å². The van der Waals surface area contributed by atoms with Crippen molar-refractivity contribution in [3.05, 3.63) is 40.8 Å². The third-order valence-electron chi connectivity index (χ3n) is 2.73. The second-order valence-corrected chi connectivity index (χ2v) is 4.50. The predicted molar refractivity (Wildman–Crippen MR) is 66.1 cm³/mol. The molecule has 4 heteroatoms. The van der Waals surface area contributed by atoms with Crippen LogP contribution in [0.25, 0.3) is 0 Å². The Hall–Kier alpha value is -1.29. The molecule has 86 valence electrons. The van der Waals surface area contributed by atoms with Crippen molar-refractivity contribution in [3.8, 4) is 0 Å². The average molecular weight is 236 g/mol.